The predicted molar refractivity (Wildman–Crippen MR) is 59.2 cm³/mol. The third-order valence-electron chi connectivity index (χ3n) is 2.22. The molecule has 1 rings (SSSR count). The summed E-state index contributed by atoms with van der Waals surface area (Å²) in [6.07, 6.45) is -4.43. The Morgan fingerprint density at radius 1 is 1.18 bits per heavy atom. The van der Waals surface area contributed by atoms with Crippen LogP contribution in [-0.4, -0.2) is 12.7 Å². The van der Waals surface area contributed by atoms with E-state index in [1.54, 1.807) is 0 Å². The van der Waals surface area contributed by atoms with E-state index in [9.17, 15) is 17.6 Å². The van der Waals surface area contributed by atoms with Crippen LogP contribution in [0.15, 0.2) is 18.2 Å². The highest BCUT2D eigenvalue weighted by molar-refractivity contribution is 5.65. The van der Waals surface area contributed by atoms with Gasteiger partial charge in [-0.15, -0.1) is 0 Å². The van der Waals surface area contributed by atoms with Gasteiger partial charge in [0.05, 0.1) is 11.4 Å². The topological polar surface area (TPSA) is 38.0 Å². The maximum absolute atomic E-state index is 12.7. The highest BCUT2D eigenvalue weighted by Gasteiger charge is 2.25. The van der Waals surface area contributed by atoms with E-state index in [2.05, 4.69) is 5.32 Å². The Bertz CT molecular complexity index is 363. The molecular formula is C11H14F4N2. The Morgan fingerprint density at radius 2 is 1.88 bits per heavy atom. The molecule has 96 valence electrons. The van der Waals surface area contributed by atoms with Gasteiger partial charge in [-0.1, -0.05) is 0 Å². The van der Waals surface area contributed by atoms with Crippen LogP contribution in [0, 0.1) is 5.82 Å². The molecule has 6 heteroatoms. The molecule has 0 aromatic heterocycles. The van der Waals surface area contributed by atoms with Crippen LogP contribution in [0.3, 0.4) is 0 Å². The third-order valence-corrected chi connectivity index (χ3v) is 2.22. The maximum atomic E-state index is 12.7. The highest BCUT2D eigenvalue weighted by atomic mass is 19.4. The summed E-state index contributed by atoms with van der Waals surface area (Å²) in [5.74, 6) is -0.440. The average molecular weight is 250 g/mol. The maximum Gasteiger partial charge on any atom is 0.389 e. The van der Waals surface area contributed by atoms with E-state index in [4.69, 9.17) is 5.73 Å². The number of rotatable bonds is 5. The number of nitrogens with two attached hydrogens (primary N) is 1. The summed E-state index contributed by atoms with van der Waals surface area (Å²) in [4.78, 5) is 0. The molecule has 0 radical (unpaired) electrons. The van der Waals surface area contributed by atoms with Gasteiger partial charge in [-0.2, -0.15) is 13.2 Å². The summed E-state index contributed by atoms with van der Waals surface area (Å²) in [6.45, 7) is 0.381. The molecule has 0 aliphatic rings. The van der Waals surface area contributed by atoms with Gasteiger partial charge in [0.2, 0.25) is 0 Å². The molecule has 0 fully saturated rings. The van der Waals surface area contributed by atoms with Crippen LogP contribution in [0.5, 0.6) is 0 Å². The van der Waals surface area contributed by atoms with Crippen molar-refractivity contribution >= 4 is 11.4 Å². The smallest absolute Gasteiger partial charge is 0.389 e. The molecule has 0 spiro atoms. The first-order valence-corrected chi connectivity index (χ1v) is 5.24. The Balaban J connectivity index is 2.27. The van der Waals surface area contributed by atoms with Crippen molar-refractivity contribution < 1.29 is 17.6 Å². The van der Waals surface area contributed by atoms with Crippen molar-refractivity contribution in [2.24, 2.45) is 0 Å². The van der Waals surface area contributed by atoms with Crippen molar-refractivity contribution in [2.75, 3.05) is 17.6 Å². The van der Waals surface area contributed by atoms with Crippen LogP contribution in [0.4, 0.5) is 28.9 Å². The fraction of sp³-hybridized carbons (Fsp3) is 0.455. The van der Waals surface area contributed by atoms with E-state index in [1.165, 1.54) is 12.1 Å². The van der Waals surface area contributed by atoms with E-state index < -0.39 is 18.4 Å². The number of unbranched alkanes of at least 4 members (excludes halogenated alkanes) is 1. The number of hydrogen-bond donors (Lipinski definition) is 2. The Labute approximate surface area is 96.8 Å². The molecule has 1 aromatic rings. The average Bonchev–Trinajstić information content (AvgIpc) is 2.18. The lowest BCUT2D eigenvalue weighted by atomic mass is 10.2. The lowest BCUT2D eigenvalue weighted by molar-refractivity contribution is -0.135. The molecule has 0 amide bonds. The summed E-state index contributed by atoms with van der Waals surface area (Å²) in [7, 11) is 0. The predicted octanol–water partition coefficient (Wildman–Crippen LogP) is 3.55. The minimum Gasteiger partial charge on any atom is -0.397 e. The van der Waals surface area contributed by atoms with Gasteiger partial charge in [0, 0.05) is 13.0 Å². The van der Waals surface area contributed by atoms with Gasteiger partial charge >= 0.3 is 6.18 Å². The van der Waals surface area contributed by atoms with Crippen molar-refractivity contribution in [1.29, 1.82) is 0 Å². The molecule has 0 atom stereocenters. The van der Waals surface area contributed by atoms with E-state index in [0.717, 1.165) is 6.07 Å². The minimum absolute atomic E-state index is 0.0671. The fourth-order valence-corrected chi connectivity index (χ4v) is 1.37. The summed E-state index contributed by atoms with van der Waals surface area (Å²) in [5, 5.41) is 2.87. The number of benzene rings is 1. The number of alkyl halides is 3. The standard InChI is InChI=1S/C11H14F4N2/c12-8-3-4-10(9(16)7-8)17-6-2-1-5-11(13,14)15/h3-4,7,17H,1-2,5-6,16H2. The Hall–Kier alpha value is -1.46. The molecular weight excluding hydrogens is 236 g/mol. The third kappa shape index (κ3) is 5.42. The van der Waals surface area contributed by atoms with Gasteiger partial charge in [-0.25, -0.2) is 4.39 Å². The quantitative estimate of drug-likeness (QED) is 0.476. The molecule has 1 aromatic carbocycles. The van der Waals surface area contributed by atoms with Gasteiger partial charge < -0.3 is 11.1 Å². The molecule has 0 saturated carbocycles. The molecule has 3 N–H and O–H groups in total. The Morgan fingerprint density at radius 3 is 2.47 bits per heavy atom. The van der Waals surface area contributed by atoms with Gasteiger partial charge in [0.1, 0.15) is 5.82 Å². The molecule has 0 heterocycles. The van der Waals surface area contributed by atoms with E-state index in [-0.39, 0.29) is 12.1 Å². The van der Waals surface area contributed by atoms with Crippen molar-refractivity contribution in [1.82, 2.24) is 0 Å². The van der Waals surface area contributed by atoms with Crippen molar-refractivity contribution in [3.63, 3.8) is 0 Å². The van der Waals surface area contributed by atoms with Crippen molar-refractivity contribution in [2.45, 2.75) is 25.4 Å². The second-order valence-corrected chi connectivity index (χ2v) is 3.73. The first-order chi connectivity index (χ1) is 7.88. The molecule has 2 nitrogen and oxygen atoms in total. The second-order valence-electron chi connectivity index (χ2n) is 3.73. The zero-order chi connectivity index (χ0) is 12.9. The first kappa shape index (κ1) is 13.6. The number of nitrogens with one attached hydrogen (secondary N) is 1. The Kier molecular flexibility index (Phi) is 4.60. The van der Waals surface area contributed by atoms with Gasteiger partial charge in [-0.05, 0) is 31.0 Å². The molecule has 0 bridgehead atoms. The number of anilines is 2. The second kappa shape index (κ2) is 5.75. The monoisotopic (exact) mass is 250 g/mol. The van der Waals surface area contributed by atoms with Crippen LogP contribution in [-0.2, 0) is 0 Å². The van der Waals surface area contributed by atoms with E-state index >= 15 is 0 Å². The molecule has 0 saturated heterocycles. The highest BCUT2D eigenvalue weighted by Crippen LogP contribution is 2.23. The van der Waals surface area contributed by atoms with Crippen LogP contribution in [0.25, 0.3) is 0 Å². The van der Waals surface area contributed by atoms with Gasteiger partial charge in [0.25, 0.3) is 0 Å². The normalized spacial score (nSPS) is 11.5. The minimum atomic E-state index is -4.10. The van der Waals surface area contributed by atoms with Crippen LogP contribution < -0.4 is 11.1 Å². The summed E-state index contributed by atoms with van der Waals surface area (Å²) in [5.41, 5.74) is 6.31. The summed E-state index contributed by atoms with van der Waals surface area (Å²) >= 11 is 0. The van der Waals surface area contributed by atoms with E-state index in [0.29, 0.717) is 18.7 Å². The number of nitrogen functional groups attached to an aromatic ring is 1. The van der Waals surface area contributed by atoms with Gasteiger partial charge in [0.15, 0.2) is 0 Å². The summed E-state index contributed by atoms with van der Waals surface area (Å²) < 4.78 is 48.2. The lowest BCUT2D eigenvalue weighted by Crippen LogP contribution is -2.09. The van der Waals surface area contributed by atoms with E-state index in [1.807, 2.05) is 0 Å². The molecule has 0 unspecified atom stereocenters. The zero-order valence-corrected chi connectivity index (χ0v) is 9.15. The molecule has 0 aliphatic heterocycles. The largest absolute Gasteiger partial charge is 0.397 e. The van der Waals surface area contributed by atoms with Crippen LogP contribution in [0.2, 0.25) is 0 Å². The first-order valence-electron chi connectivity index (χ1n) is 5.24. The number of hydrogen-bond acceptors (Lipinski definition) is 2. The summed E-state index contributed by atoms with van der Waals surface area (Å²) in [6, 6.07) is 3.88. The lowest BCUT2D eigenvalue weighted by Gasteiger charge is -2.10. The fourth-order valence-electron chi connectivity index (χ4n) is 1.37. The molecule has 0 aliphatic carbocycles. The zero-order valence-electron chi connectivity index (χ0n) is 9.15. The van der Waals surface area contributed by atoms with Crippen LogP contribution >= 0.6 is 0 Å². The van der Waals surface area contributed by atoms with Crippen LogP contribution in [0.1, 0.15) is 19.3 Å². The SMILES string of the molecule is Nc1cc(F)ccc1NCCCCC(F)(F)F. The van der Waals surface area contributed by atoms with Crippen molar-refractivity contribution in [3.8, 4) is 0 Å². The number of halogens is 4. The molecule has 17 heavy (non-hydrogen) atoms. The van der Waals surface area contributed by atoms with Gasteiger partial charge in [-0.3, -0.25) is 0 Å². The van der Waals surface area contributed by atoms with Crippen molar-refractivity contribution in [3.05, 3.63) is 24.0 Å².